The van der Waals surface area contributed by atoms with Crippen LogP contribution in [-0.2, 0) is 30.4 Å². The Morgan fingerprint density at radius 1 is 1.06 bits per heavy atom. The number of carbonyl (C=O) groups excluding carboxylic acids is 4. The lowest BCUT2D eigenvalue weighted by atomic mass is 10.1. The average molecular weight is 474 g/mol. The molecule has 0 spiro atoms. The van der Waals surface area contributed by atoms with Crippen LogP contribution >= 0.6 is 12.6 Å². The van der Waals surface area contributed by atoms with Crippen LogP contribution in [0.15, 0.2) is 12.5 Å². The van der Waals surface area contributed by atoms with Crippen molar-refractivity contribution in [1.82, 2.24) is 25.9 Å². The van der Waals surface area contributed by atoms with Crippen molar-refractivity contribution in [2.75, 3.05) is 12.4 Å². The first-order valence-electron chi connectivity index (χ1n) is 9.45. The van der Waals surface area contributed by atoms with Gasteiger partial charge in [-0.2, -0.15) is 12.6 Å². The van der Waals surface area contributed by atoms with Crippen molar-refractivity contribution in [2.45, 2.75) is 43.4 Å². The Labute approximate surface area is 188 Å². The molecule has 4 amide bonds. The lowest BCUT2D eigenvalue weighted by molar-refractivity contribution is -0.142. The van der Waals surface area contributed by atoms with Crippen LogP contribution in [0.3, 0.4) is 0 Å². The normalized spacial score (nSPS) is 14.5. The van der Waals surface area contributed by atoms with Gasteiger partial charge < -0.3 is 42.6 Å². The van der Waals surface area contributed by atoms with Gasteiger partial charge in [0.25, 0.3) is 0 Å². The minimum Gasteiger partial charge on any atom is -0.480 e. The Kier molecular flexibility index (Phi) is 11.2. The molecule has 1 heterocycles. The third-order valence-corrected chi connectivity index (χ3v) is 4.65. The Bertz CT molecular complexity index is 805. The van der Waals surface area contributed by atoms with E-state index in [2.05, 4.69) is 38.5 Å². The Morgan fingerprint density at radius 3 is 2.16 bits per heavy atom. The lowest BCUT2D eigenvalue weighted by Crippen LogP contribution is -2.58. The fourth-order valence-electron chi connectivity index (χ4n) is 2.47. The summed E-state index contributed by atoms with van der Waals surface area (Å²) in [6, 6.07) is -5.18. The maximum Gasteiger partial charge on any atom is 0.326 e. The number of carboxylic acids is 1. The first-order valence-corrected chi connectivity index (χ1v) is 10.1. The molecule has 0 aliphatic carbocycles. The van der Waals surface area contributed by atoms with Crippen LogP contribution in [-0.4, -0.2) is 86.3 Å². The largest absolute Gasteiger partial charge is 0.480 e. The van der Waals surface area contributed by atoms with Crippen molar-refractivity contribution in [3.8, 4) is 0 Å². The molecule has 0 aliphatic rings. The number of rotatable bonds is 14. The number of imidazole rings is 1. The van der Waals surface area contributed by atoms with E-state index >= 15 is 0 Å². The summed E-state index contributed by atoms with van der Waals surface area (Å²) in [5.74, 6) is -4.66. The third kappa shape index (κ3) is 8.91. The minimum atomic E-state index is -1.43. The summed E-state index contributed by atoms with van der Waals surface area (Å²) in [5, 5.41) is 25.6. The molecule has 4 unspecified atom stereocenters. The molecule has 0 fully saturated rings. The number of carbonyl (C=O) groups is 5. The van der Waals surface area contributed by atoms with Gasteiger partial charge in [0.1, 0.15) is 18.1 Å². The van der Waals surface area contributed by atoms with Gasteiger partial charge in [-0.1, -0.05) is 0 Å². The Balaban J connectivity index is 2.95. The maximum atomic E-state index is 12.7. The first-order chi connectivity index (χ1) is 15.1. The zero-order valence-corrected chi connectivity index (χ0v) is 17.9. The smallest absolute Gasteiger partial charge is 0.326 e. The van der Waals surface area contributed by atoms with E-state index < -0.39 is 60.4 Å². The maximum absolute atomic E-state index is 12.7. The number of amides is 4. The van der Waals surface area contributed by atoms with E-state index in [0.717, 1.165) is 0 Å². The number of primary amides is 1. The number of thiol groups is 1. The average Bonchev–Trinajstić information content (AvgIpc) is 3.26. The van der Waals surface area contributed by atoms with Crippen molar-refractivity contribution in [3.05, 3.63) is 18.2 Å². The molecule has 178 valence electrons. The minimum absolute atomic E-state index is 0.00165. The van der Waals surface area contributed by atoms with E-state index in [9.17, 15) is 34.2 Å². The molecular weight excluding hydrogens is 446 g/mol. The number of nitrogens with one attached hydrogen (secondary N) is 4. The predicted molar refractivity (Wildman–Crippen MR) is 113 cm³/mol. The SMILES string of the molecule is NC(=O)CCC(NC(=O)C(Cc1cnc[nH]1)NC(=O)C(CO)NC(=O)C(N)CS)C(=O)O. The van der Waals surface area contributed by atoms with Crippen molar-refractivity contribution in [2.24, 2.45) is 11.5 Å². The van der Waals surface area contributed by atoms with Gasteiger partial charge >= 0.3 is 5.97 Å². The molecule has 15 heteroatoms. The number of aliphatic hydroxyl groups excluding tert-OH is 1. The molecule has 32 heavy (non-hydrogen) atoms. The van der Waals surface area contributed by atoms with Gasteiger partial charge in [0.15, 0.2) is 0 Å². The second kappa shape index (κ2) is 13.3. The zero-order chi connectivity index (χ0) is 24.3. The van der Waals surface area contributed by atoms with Crippen LogP contribution in [0.5, 0.6) is 0 Å². The van der Waals surface area contributed by atoms with Crippen molar-refractivity contribution >= 4 is 42.2 Å². The van der Waals surface area contributed by atoms with E-state index in [1.54, 1.807) is 0 Å². The van der Waals surface area contributed by atoms with Gasteiger partial charge in [-0.3, -0.25) is 19.2 Å². The van der Waals surface area contributed by atoms with Gasteiger partial charge in [0.2, 0.25) is 23.6 Å². The summed E-state index contributed by atoms with van der Waals surface area (Å²) in [7, 11) is 0. The summed E-state index contributed by atoms with van der Waals surface area (Å²) in [6.07, 6.45) is 2.10. The van der Waals surface area contributed by atoms with Crippen LogP contribution in [0, 0.1) is 0 Å². The molecule has 0 saturated carbocycles. The Morgan fingerprint density at radius 2 is 1.66 bits per heavy atom. The predicted octanol–water partition coefficient (Wildman–Crippen LogP) is -3.99. The highest BCUT2D eigenvalue weighted by atomic mass is 32.1. The second-order valence-electron chi connectivity index (χ2n) is 6.78. The topological polar surface area (TPSA) is 243 Å². The standard InChI is InChI=1S/C17H27N7O7S/c18-9(6-32)14(27)24-12(5-25)16(29)23-11(3-8-4-20-7-21-8)15(28)22-10(17(30)31)1-2-13(19)26/h4,7,9-12,25,32H,1-3,5-6,18H2,(H2,19,26)(H,20,21)(H,22,28)(H,23,29)(H,24,27)(H,30,31). The molecule has 0 radical (unpaired) electrons. The summed E-state index contributed by atoms with van der Waals surface area (Å²) < 4.78 is 0. The van der Waals surface area contributed by atoms with Crippen molar-refractivity contribution < 1.29 is 34.2 Å². The molecule has 0 saturated heterocycles. The number of aliphatic carboxylic acids is 1. The molecule has 0 bridgehead atoms. The number of aromatic amines is 1. The molecule has 1 aromatic heterocycles. The van der Waals surface area contributed by atoms with Crippen LogP contribution in [0.25, 0.3) is 0 Å². The van der Waals surface area contributed by atoms with Gasteiger partial charge in [-0.05, 0) is 6.42 Å². The van der Waals surface area contributed by atoms with E-state index in [4.69, 9.17) is 11.5 Å². The number of hydrogen-bond donors (Lipinski definition) is 9. The molecule has 0 aromatic carbocycles. The number of hydrogen-bond acceptors (Lipinski definition) is 9. The summed E-state index contributed by atoms with van der Waals surface area (Å²) in [4.78, 5) is 66.1. The summed E-state index contributed by atoms with van der Waals surface area (Å²) in [5.41, 5.74) is 11.0. The Hall–Kier alpha value is -3.17. The third-order valence-electron chi connectivity index (χ3n) is 4.25. The fourth-order valence-corrected chi connectivity index (χ4v) is 2.64. The van der Waals surface area contributed by atoms with Crippen LogP contribution in [0.2, 0.25) is 0 Å². The zero-order valence-electron chi connectivity index (χ0n) is 17.0. The van der Waals surface area contributed by atoms with Gasteiger partial charge in [0, 0.05) is 30.5 Å². The molecule has 0 aliphatic heterocycles. The number of H-pyrrole nitrogens is 1. The van der Waals surface area contributed by atoms with Crippen LogP contribution in [0.4, 0.5) is 0 Å². The van der Waals surface area contributed by atoms with E-state index in [1.807, 2.05) is 0 Å². The lowest BCUT2D eigenvalue weighted by Gasteiger charge is -2.24. The molecule has 4 atom stereocenters. The summed E-state index contributed by atoms with van der Waals surface area (Å²) in [6.45, 7) is -0.786. The first kappa shape index (κ1) is 26.9. The number of aromatic nitrogens is 2. The van der Waals surface area contributed by atoms with Crippen LogP contribution < -0.4 is 27.4 Å². The second-order valence-corrected chi connectivity index (χ2v) is 7.14. The molecule has 14 nitrogen and oxygen atoms in total. The van der Waals surface area contributed by atoms with Crippen molar-refractivity contribution in [3.63, 3.8) is 0 Å². The highest BCUT2D eigenvalue weighted by Crippen LogP contribution is 2.03. The monoisotopic (exact) mass is 473 g/mol. The highest BCUT2D eigenvalue weighted by molar-refractivity contribution is 7.80. The van der Waals surface area contributed by atoms with E-state index in [1.165, 1.54) is 12.5 Å². The molecule has 10 N–H and O–H groups in total. The number of nitrogens with two attached hydrogens (primary N) is 2. The van der Waals surface area contributed by atoms with Crippen LogP contribution in [0.1, 0.15) is 18.5 Å². The molecular formula is C17H27N7O7S. The van der Waals surface area contributed by atoms with Gasteiger partial charge in [0.05, 0.1) is 19.0 Å². The van der Waals surface area contributed by atoms with Crippen molar-refractivity contribution in [1.29, 1.82) is 0 Å². The fraction of sp³-hybridized carbons (Fsp3) is 0.529. The summed E-state index contributed by atoms with van der Waals surface area (Å²) >= 11 is 3.88. The van der Waals surface area contributed by atoms with Gasteiger partial charge in [-0.25, -0.2) is 9.78 Å². The molecule has 1 rings (SSSR count). The molecule has 1 aromatic rings. The van der Waals surface area contributed by atoms with Gasteiger partial charge in [-0.15, -0.1) is 0 Å². The number of aliphatic hydroxyl groups is 1. The number of nitrogens with zero attached hydrogens (tertiary/aromatic N) is 1. The van der Waals surface area contributed by atoms with E-state index in [-0.39, 0.29) is 25.0 Å². The highest BCUT2D eigenvalue weighted by Gasteiger charge is 2.30. The number of carboxylic acid groups (broad SMARTS) is 1. The van der Waals surface area contributed by atoms with E-state index in [0.29, 0.717) is 5.69 Å². The quantitative estimate of drug-likeness (QED) is 0.119.